The van der Waals surface area contributed by atoms with Crippen molar-refractivity contribution in [1.29, 1.82) is 0 Å². The van der Waals surface area contributed by atoms with E-state index in [9.17, 15) is 0 Å². The summed E-state index contributed by atoms with van der Waals surface area (Å²) >= 11 is 0. The van der Waals surface area contributed by atoms with Crippen molar-refractivity contribution >= 4 is 0 Å². The second-order valence-electron chi connectivity index (χ2n) is 3.03. The van der Waals surface area contributed by atoms with E-state index in [4.69, 9.17) is 0 Å². The molecule has 0 aromatic rings. The Balaban J connectivity index is 3.36. The third kappa shape index (κ3) is 6.24. The first kappa shape index (κ1) is 11.5. The number of azo groups is 1. The molecule has 0 saturated carbocycles. The van der Waals surface area contributed by atoms with Crippen LogP contribution in [0.1, 0.15) is 13.8 Å². The highest BCUT2D eigenvalue weighted by Gasteiger charge is 1.96. The van der Waals surface area contributed by atoms with E-state index in [1.807, 2.05) is 14.1 Å². The number of nitrogens with one attached hydrogen (secondary N) is 2. The Morgan fingerprint density at radius 1 is 0.917 bits per heavy atom. The number of likely N-dealkylation sites (N-methyl/N-ethyl adjacent to an activating group) is 2. The van der Waals surface area contributed by atoms with Crippen molar-refractivity contribution in [3.63, 3.8) is 0 Å². The van der Waals surface area contributed by atoms with E-state index < -0.39 is 0 Å². The molecular weight excluding hydrogens is 152 g/mol. The molecular formula is C8H20N4. The maximum absolute atomic E-state index is 4.05. The first-order valence-corrected chi connectivity index (χ1v) is 4.38. The highest BCUT2D eigenvalue weighted by Crippen LogP contribution is 1.86. The van der Waals surface area contributed by atoms with Crippen LogP contribution in [0.3, 0.4) is 0 Å². The van der Waals surface area contributed by atoms with Crippen LogP contribution >= 0.6 is 0 Å². The third-order valence-electron chi connectivity index (χ3n) is 1.80. The van der Waals surface area contributed by atoms with E-state index in [-0.39, 0.29) is 0 Å². The van der Waals surface area contributed by atoms with Gasteiger partial charge >= 0.3 is 0 Å². The van der Waals surface area contributed by atoms with Gasteiger partial charge in [-0.25, -0.2) is 0 Å². The number of hydrogen-bond donors (Lipinski definition) is 2. The Bertz CT molecular complexity index is 110. The second kappa shape index (κ2) is 7.18. The van der Waals surface area contributed by atoms with Gasteiger partial charge in [-0.1, -0.05) is 0 Å². The Morgan fingerprint density at radius 2 is 1.25 bits per heavy atom. The van der Waals surface area contributed by atoms with Crippen molar-refractivity contribution in [2.45, 2.75) is 25.9 Å². The van der Waals surface area contributed by atoms with Crippen molar-refractivity contribution in [3.8, 4) is 0 Å². The molecule has 0 aromatic carbocycles. The summed E-state index contributed by atoms with van der Waals surface area (Å²) < 4.78 is 0. The van der Waals surface area contributed by atoms with Crippen LogP contribution in [0.15, 0.2) is 10.2 Å². The van der Waals surface area contributed by atoms with Crippen molar-refractivity contribution in [1.82, 2.24) is 10.6 Å². The van der Waals surface area contributed by atoms with Gasteiger partial charge in [-0.05, 0) is 27.9 Å². The van der Waals surface area contributed by atoms with E-state index in [2.05, 4.69) is 34.7 Å². The summed E-state index contributed by atoms with van der Waals surface area (Å²) in [5, 5.41) is 14.3. The molecule has 0 fully saturated rings. The lowest BCUT2D eigenvalue weighted by atomic mass is 10.3. The molecule has 2 N–H and O–H groups in total. The third-order valence-corrected chi connectivity index (χ3v) is 1.80. The van der Waals surface area contributed by atoms with Crippen LogP contribution in [0.25, 0.3) is 0 Å². The van der Waals surface area contributed by atoms with Gasteiger partial charge in [0.25, 0.3) is 0 Å². The summed E-state index contributed by atoms with van der Waals surface area (Å²) in [6.45, 7) is 5.68. The summed E-state index contributed by atoms with van der Waals surface area (Å²) in [5.74, 6) is 0. The number of hydrogen-bond acceptors (Lipinski definition) is 4. The molecule has 0 bridgehead atoms. The molecule has 0 amide bonds. The largest absolute Gasteiger partial charge is 0.315 e. The number of rotatable bonds is 6. The predicted octanol–water partition coefficient (Wildman–Crippen LogP) is 0.654. The first-order valence-electron chi connectivity index (χ1n) is 4.38. The van der Waals surface area contributed by atoms with E-state index in [0.717, 1.165) is 13.1 Å². The summed E-state index contributed by atoms with van der Waals surface area (Å²) in [6, 6.07) is 0.831. The summed E-state index contributed by atoms with van der Waals surface area (Å²) in [5.41, 5.74) is 0. The molecule has 2 atom stereocenters. The lowest BCUT2D eigenvalue weighted by Crippen LogP contribution is -2.25. The minimum atomic E-state index is 0.415. The Kier molecular flexibility index (Phi) is 6.90. The van der Waals surface area contributed by atoms with Gasteiger partial charge < -0.3 is 10.6 Å². The van der Waals surface area contributed by atoms with E-state index in [1.54, 1.807) is 0 Å². The molecule has 0 aliphatic carbocycles. The molecule has 4 heteroatoms. The number of nitrogens with zero attached hydrogens (tertiary/aromatic N) is 2. The minimum Gasteiger partial charge on any atom is -0.315 e. The van der Waals surface area contributed by atoms with Crippen LogP contribution in [0.4, 0.5) is 0 Å². The Morgan fingerprint density at radius 3 is 1.50 bits per heavy atom. The van der Waals surface area contributed by atoms with Gasteiger partial charge in [0.05, 0.1) is 13.1 Å². The van der Waals surface area contributed by atoms with Crippen molar-refractivity contribution < 1.29 is 0 Å². The normalized spacial score (nSPS) is 16.7. The molecule has 0 heterocycles. The van der Waals surface area contributed by atoms with Crippen molar-refractivity contribution in [3.05, 3.63) is 0 Å². The van der Waals surface area contributed by atoms with Crippen LogP contribution in [0.2, 0.25) is 0 Å². The maximum Gasteiger partial charge on any atom is 0.0749 e. The van der Waals surface area contributed by atoms with Crippen molar-refractivity contribution in [2.24, 2.45) is 10.2 Å². The topological polar surface area (TPSA) is 48.8 Å². The van der Waals surface area contributed by atoms with E-state index in [1.165, 1.54) is 0 Å². The highest BCUT2D eigenvalue weighted by atomic mass is 15.1. The molecule has 12 heavy (non-hydrogen) atoms. The molecule has 0 radical (unpaired) electrons. The zero-order valence-electron chi connectivity index (χ0n) is 8.46. The lowest BCUT2D eigenvalue weighted by molar-refractivity contribution is 0.574. The molecule has 4 nitrogen and oxygen atoms in total. The zero-order valence-corrected chi connectivity index (χ0v) is 8.46. The molecule has 0 aromatic heterocycles. The van der Waals surface area contributed by atoms with E-state index >= 15 is 0 Å². The van der Waals surface area contributed by atoms with Gasteiger partial charge in [0.1, 0.15) is 0 Å². The lowest BCUT2D eigenvalue weighted by Gasteiger charge is -2.06. The van der Waals surface area contributed by atoms with Crippen LogP contribution in [-0.4, -0.2) is 39.3 Å². The fraction of sp³-hybridized carbons (Fsp3) is 1.00. The Hall–Kier alpha value is -0.480. The molecule has 0 saturated heterocycles. The summed E-state index contributed by atoms with van der Waals surface area (Å²) in [4.78, 5) is 0. The van der Waals surface area contributed by atoms with Gasteiger partial charge in [0.2, 0.25) is 0 Å². The molecule has 0 aliphatic heterocycles. The second-order valence-corrected chi connectivity index (χ2v) is 3.03. The van der Waals surface area contributed by atoms with Crippen LogP contribution in [0.5, 0.6) is 0 Å². The van der Waals surface area contributed by atoms with Gasteiger partial charge in [-0.15, -0.1) is 0 Å². The minimum absolute atomic E-state index is 0.415. The van der Waals surface area contributed by atoms with Crippen molar-refractivity contribution in [2.75, 3.05) is 27.2 Å². The molecule has 2 unspecified atom stereocenters. The van der Waals surface area contributed by atoms with Gasteiger partial charge in [-0.3, -0.25) is 0 Å². The van der Waals surface area contributed by atoms with Crippen LogP contribution in [0, 0.1) is 0 Å². The average molecular weight is 172 g/mol. The highest BCUT2D eigenvalue weighted by molar-refractivity contribution is 4.61. The Labute approximate surface area is 74.8 Å². The fourth-order valence-electron chi connectivity index (χ4n) is 0.543. The summed E-state index contributed by atoms with van der Waals surface area (Å²) in [7, 11) is 3.85. The summed E-state index contributed by atoms with van der Waals surface area (Å²) in [6.07, 6.45) is 0. The molecule has 72 valence electrons. The van der Waals surface area contributed by atoms with Crippen LogP contribution < -0.4 is 10.6 Å². The maximum atomic E-state index is 4.05. The zero-order chi connectivity index (χ0) is 9.40. The quantitative estimate of drug-likeness (QED) is 0.578. The van der Waals surface area contributed by atoms with Gasteiger partial charge in [-0.2, -0.15) is 10.2 Å². The predicted molar refractivity (Wildman–Crippen MR) is 51.6 cm³/mol. The molecule has 0 rings (SSSR count). The van der Waals surface area contributed by atoms with Gasteiger partial charge in [0.15, 0.2) is 0 Å². The monoisotopic (exact) mass is 172 g/mol. The van der Waals surface area contributed by atoms with E-state index in [0.29, 0.717) is 12.1 Å². The fourth-order valence-corrected chi connectivity index (χ4v) is 0.543. The first-order chi connectivity index (χ1) is 5.70. The smallest absolute Gasteiger partial charge is 0.0749 e. The standard InChI is InChI=1S/C8H20N4/c1-7(9-3)5-11-12-6-8(2)10-4/h7-10H,5-6H2,1-4H3. The SMILES string of the molecule is CNC(C)CN=NCC(C)NC. The van der Waals surface area contributed by atoms with Crippen LogP contribution in [-0.2, 0) is 0 Å². The molecule has 0 aliphatic rings. The molecule has 0 spiro atoms. The average Bonchev–Trinajstić information content (AvgIpc) is 2.11. The van der Waals surface area contributed by atoms with Gasteiger partial charge in [0, 0.05) is 12.1 Å².